The summed E-state index contributed by atoms with van der Waals surface area (Å²) in [6.07, 6.45) is 4.80. The Bertz CT molecular complexity index is 425. The summed E-state index contributed by atoms with van der Waals surface area (Å²) in [6.45, 7) is 0. The van der Waals surface area contributed by atoms with Crippen LogP contribution in [0.1, 0.15) is 0 Å². The third-order valence-corrected chi connectivity index (χ3v) is 1.67. The Morgan fingerprint density at radius 1 is 1.14 bits per heavy atom. The lowest BCUT2D eigenvalue weighted by Crippen LogP contribution is -1.63. The lowest BCUT2D eigenvalue weighted by Gasteiger charge is -1.81. The largest absolute Gasteiger partial charge is 0.365 e. The van der Waals surface area contributed by atoms with Crippen molar-refractivity contribution in [2.75, 3.05) is 0 Å². The van der Waals surface area contributed by atoms with E-state index in [0.29, 0.717) is 0 Å². The van der Waals surface area contributed by atoms with Crippen LogP contribution in [0.4, 0.5) is 0 Å². The van der Waals surface area contributed by atoms with Gasteiger partial charge in [0.1, 0.15) is 6.26 Å². The molecule has 70 valence electrons. The molecule has 0 saturated heterocycles. The molecular formula is C10H9N3O. The Hall–Kier alpha value is -2.10. The summed E-state index contributed by atoms with van der Waals surface area (Å²) in [7, 11) is 0. The van der Waals surface area contributed by atoms with Gasteiger partial charge < -0.3 is 9.51 Å². The second kappa shape index (κ2) is 4.23. The average molecular weight is 187 g/mol. The first-order chi connectivity index (χ1) is 6.97. The molecule has 0 aliphatic rings. The number of H-pyrrole nitrogens is 1. The zero-order valence-corrected chi connectivity index (χ0v) is 7.42. The highest BCUT2D eigenvalue weighted by atomic mass is 16.5. The summed E-state index contributed by atoms with van der Waals surface area (Å²) in [5.74, 6) is 0. The first-order valence-corrected chi connectivity index (χ1v) is 4.19. The van der Waals surface area contributed by atoms with E-state index in [-0.39, 0.29) is 0 Å². The van der Waals surface area contributed by atoms with E-state index in [1.807, 2.05) is 24.3 Å². The number of nitrogens with zero attached hydrogens (tertiary/aromatic N) is 2. The maximum Gasteiger partial charge on any atom is 0.123 e. The fraction of sp³-hybridized carbons (Fsp3) is 0. The number of hydrogen-bond acceptors (Lipinski definition) is 3. The van der Waals surface area contributed by atoms with Gasteiger partial charge in [-0.2, -0.15) is 0 Å². The molecular weight excluding hydrogens is 178 g/mol. The van der Waals surface area contributed by atoms with Crippen LogP contribution < -0.4 is 0 Å². The smallest absolute Gasteiger partial charge is 0.123 e. The molecule has 4 heteroatoms. The molecule has 1 N–H and O–H groups in total. The summed E-state index contributed by atoms with van der Waals surface area (Å²) in [6, 6.07) is 9.66. The minimum atomic E-state index is 1.03. The van der Waals surface area contributed by atoms with E-state index in [2.05, 4.69) is 19.6 Å². The number of hydrogen-bond donors (Lipinski definition) is 1. The fourth-order valence-electron chi connectivity index (χ4n) is 1.06. The molecule has 0 unspecified atom stereocenters. The molecule has 1 aromatic carbocycles. The van der Waals surface area contributed by atoms with E-state index in [4.69, 9.17) is 0 Å². The van der Waals surface area contributed by atoms with Crippen LogP contribution in [0.5, 0.6) is 0 Å². The van der Waals surface area contributed by atoms with Crippen molar-refractivity contribution in [3.05, 3.63) is 49.1 Å². The van der Waals surface area contributed by atoms with Gasteiger partial charge in [0.05, 0.1) is 23.6 Å². The maximum atomic E-state index is 4.33. The second-order valence-electron chi connectivity index (χ2n) is 2.61. The van der Waals surface area contributed by atoms with E-state index < -0.39 is 0 Å². The van der Waals surface area contributed by atoms with Crippen LogP contribution in [0.2, 0.25) is 0 Å². The summed E-state index contributed by atoms with van der Waals surface area (Å²) in [5.41, 5.74) is 2.12. The monoisotopic (exact) mass is 187 g/mol. The Balaban J connectivity index is 0.000000128. The molecule has 0 bridgehead atoms. The van der Waals surface area contributed by atoms with Gasteiger partial charge in [0.15, 0.2) is 0 Å². The standard InChI is InChI=1S/C7H6N2.C3H3NO/c1-2-4-7-6(3-1)8-5-9-7;1-2-4-5-3-1/h1-5H,(H,8,9);1-3H. The molecule has 2 aromatic heterocycles. The highest BCUT2D eigenvalue weighted by molar-refractivity contribution is 5.73. The quantitative estimate of drug-likeness (QED) is 0.587. The number of para-hydroxylation sites is 2. The fourth-order valence-corrected chi connectivity index (χ4v) is 1.06. The Labute approximate surface area is 80.6 Å². The van der Waals surface area contributed by atoms with Crippen molar-refractivity contribution in [3.8, 4) is 0 Å². The normalized spacial score (nSPS) is 9.43. The Kier molecular flexibility index (Phi) is 2.56. The minimum Gasteiger partial charge on any atom is -0.365 e. The Morgan fingerprint density at radius 2 is 2.07 bits per heavy atom. The van der Waals surface area contributed by atoms with Gasteiger partial charge in [0.2, 0.25) is 0 Å². The predicted molar refractivity (Wildman–Crippen MR) is 52.6 cm³/mol. The van der Waals surface area contributed by atoms with Crippen molar-refractivity contribution < 1.29 is 4.52 Å². The first-order valence-electron chi connectivity index (χ1n) is 4.19. The molecule has 0 aliphatic carbocycles. The van der Waals surface area contributed by atoms with Crippen molar-refractivity contribution in [2.45, 2.75) is 0 Å². The van der Waals surface area contributed by atoms with Gasteiger partial charge in [-0.15, -0.1) is 0 Å². The van der Waals surface area contributed by atoms with Gasteiger partial charge >= 0.3 is 0 Å². The highest BCUT2D eigenvalue weighted by Gasteiger charge is 1.88. The number of aromatic amines is 1. The molecule has 0 atom stereocenters. The number of aromatic nitrogens is 3. The van der Waals surface area contributed by atoms with E-state index in [1.54, 1.807) is 18.6 Å². The summed E-state index contributed by atoms with van der Waals surface area (Å²) in [5, 5.41) is 3.35. The SMILES string of the molecule is c1ccc2[nH]cnc2c1.c1cnoc1. The van der Waals surface area contributed by atoms with Crippen LogP contribution in [0.15, 0.2) is 53.6 Å². The number of rotatable bonds is 0. The number of imidazole rings is 1. The van der Waals surface area contributed by atoms with Gasteiger partial charge in [0, 0.05) is 0 Å². The molecule has 14 heavy (non-hydrogen) atoms. The van der Waals surface area contributed by atoms with Gasteiger partial charge in [0.25, 0.3) is 0 Å². The third kappa shape index (κ3) is 1.98. The third-order valence-electron chi connectivity index (χ3n) is 1.67. The van der Waals surface area contributed by atoms with Gasteiger partial charge in [-0.25, -0.2) is 4.98 Å². The maximum absolute atomic E-state index is 4.33. The molecule has 0 fully saturated rings. The molecule has 0 aliphatic heterocycles. The number of nitrogens with one attached hydrogen (secondary N) is 1. The van der Waals surface area contributed by atoms with Crippen LogP contribution in [0.3, 0.4) is 0 Å². The lowest BCUT2D eigenvalue weighted by molar-refractivity contribution is 0.420. The minimum absolute atomic E-state index is 1.03. The molecule has 0 saturated carbocycles. The molecule has 0 spiro atoms. The highest BCUT2D eigenvalue weighted by Crippen LogP contribution is 2.05. The molecule has 0 amide bonds. The summed E-state index contributed by atoms with van der Waals surface area (Å²) >= 11 is 0. The average Bonchev–Trinajstić information content (AvgIpc) is 2.92. The molecule has 0 radical (unpaired) electrons. The number of fused-ring (bicyclic) bond motifs is 1. The predicted octanol–water partition coefficient (Wildman–Crippen LogP) is 2.24. The van der Waals surface area contributed by atoms with Gasteiger partial charge in [-0.1, -0.05) is 17.3 Å². The van der Waals surface area contributed by atoms with Crippen molar-refractivity contribution >= 4 is 11.0 Å². The van der Waals surface area contributed by atoms with Crippen molar-refractivity contribution in [1.82, 2.24) is 15.1 Å². The van der Waals surface area contributed by atoms with E-state index in [0.717, 1.165) is 11.0 Å². The van der Waals surface area contributed by atoms with Crippen molar-refractivity contribution in [1.29, 1.82) is 0 Å². The first kappa shape index (κ1) is 8.50. The zero-order chi connectivity index (χ0) is 9.64. The Morgan fingerprint density at radius 3 is 2.71 bits per heavy atom. The van der Waals surface area contributed by atoms with Crippen LogP contribution in [-0.2, 0) is 0 Å². The summed E-state index contributed by atoms with van der Waals surface area (Å²) in [4.78, 5) is 7.07. The van der Waals surface area contributed by atoms with Crippen LogP contribution >= 0.6 is 0 Å². The van der Waals surface area contributed by atoms with E-state index >= 15 is 0 Å². The topological polar surface area (TPSA) is 54.7 Å². The molecule has 3 aromatic rings. The van der Waals surface area contributed by atoms with Crippen molar-refractivity contribution in [3.63, 3.8) is 0 Å². The number of benzene rings is 1. The van der Waals surface area contributed by atoms with Gasteiger partial charge in [-0.3, -0.25) is 0 Å². The van der Waals surface area contributed by atoms with Crippen LogP contribution in [0.25, 0.3) is 11.0 Å². The summed E-state index contributed by atoms with van der Waals surface area (Å²) < 4.78 is 4.33. The van der Waals surface area contributed by atoms with Crippen LogP contribution in [0, 0.1) is 0 Å². The molecule has 3 rings (SSSR count). The lowest BCUT2D eigenvalue weighted by atomic mass is 10.3. The van der Waals surface area contributed by atoms with Crippen molar-refractivity contribution in [2.24, 2.45) is 0 Å². The molecule has 4 nitrogen and oxygen atoms in total. The molecule has 2 heterocycles. The van der Waals surface area contributed by atoms with Gasteiger partial charge in [-0.05, 0) is 18.2 Å². The van der Waals surface area contributed by atoms with Crippen LogP contribution in [-0.4, -0.2) is 15.1 Å². The zero-order valence-electron chi connectivity index (χ0n) is 7.42. The second-order valence-corrected chi connectivity index (χ2v) is 2.61. The van der Waals surface area contributed by atoms with E-state index in [1.165, 1.54) is 6.26 Å². The van der Waals surface area contributed by atoms with E-state index in [9.17, 15) is 0 Å².